The van der Waals surface area contributed by atoms with Crippen molar-refractivity contribution in [3.8, 4) is 11.5 Å². The molecule has 2 N–H and O–H groups in total. The smallest absolute Gasteiger partial charge is 0.127 e. The van der Waals surface area contributed by atoms with E-state index >= 15 is 0 Å². The summed E-state index contributed by atoms with van der Waals surface area (Å²) < 4.78 is 5.78. The predicted octanol–water partition coefficient (Wildman–Crippen LogP) is 3.93. The molecule has 2 nitrogen and oxygen atoms in total. The van der Waals surface area contributed by atoms with Crippen LogP contribution >= 0.6 is 0 Å². The monoisotopic (exact) mass is 253 g/mol. The Kier molecular flexibility index (Phi) is 2.83. The molecule has 0 aromatic heterocycles. The van der Waals surface area contributed by atoms with Gasteiger partial charge in [-0.15, -0.1) is 0 Å². The number of benzene rings is 2. The third-order valence-electron chi connectivity index (χ3n) is 4.13. The highest BCUT2D eigenvalue weighted by Gasteiger charge is 2.55. The standard InChI is InChI=1S/C17H19NO/c1-17(2)15(16(17)18)12-8-10-14(11-9-12)19-13-6-4-3-5-7-13/h3-11,15-16H,18H2,1-2H3/t15-,16-/m0/s1. The lowest BCUT2D eigenvalue weighted by molar-refractivity contribution is 0.482. The zero-order valence-electron chi connectivity index (χ0n) is 11.3. The summed E-state index contributed by atoms with van der Waals surface area (Å²) >= 11 is 0. The second kappa shape index (κ2) is 4.39. The Hall–Kier alpha value is -1.80. The van der Waals surface area contributed by atoms with Gasteiger partial charge in [0.1, 0.15) is 11.5 Å². The molecule has 2 aromatic rings. The predicted molar refractivity (Wildman–Crippen MR) is 77.5 cm³/mol. The van der Waals surface area contributed by atoms with Gasteiger partial charge in [-0.05, 0) is 35.2 Å². The fourth-order valence-electron chi connectivity index (χ4n) is 2.68. The van der Waals surface area contributed by atoms with E-state index in [0.717, 1.165) is 11.5 Å². The number of hydrogen-bond donors (Lipinski definition) is 1. The molecule has 0 spiro atoms. The van der Waals surface area contributed by atoms with E-state index in [2.05, 4.69) is 26.0 Å². The van der Waals surface area contributed by atoms with Gasteiger partial charge < -0.3 is 10.5 Å². The quantitative estimate of drug-likeness (QED) is 0.899. The van der Waals surface area contributed by atoms with Crippen molar-refractivity contribution in [2.75, 3.05) is 0 Å². The highest BCUT2D eigenvalue weighted by atomic mass is 16.5. The Labute approximate surface area is 114 Å². The van der Waals surface area contributed by atoms with Crippen LogP contribution in [-0.2, 0) is 0 Å². The van der Waals surface area contributed by atoms with Gasteiger partial charge in [0.05, 0.1) is 0 Å². The summed E-state index contributed by atoms with van der Waals surface area (Å²) in [6.07, 6.45) is 0. The number of hydrogen-bond acceptors (Lipinski definition) is 2. The molecule has 1 aliphatic rings. The molecule has 3 rings (SSSR count). The van der Waals surface area contributed by atoms with E-state index < -0.39 is 0 Å². The van der Waals surface area contributed by atoms with Crippen LogP contribution in [0.3, 0.4) is 0 Å². The average Bonchev–Trinajstić information content (AvgIpc) is 2.91. The first-order chi connectivity index (χ1) is 9.09. The molecule has 1 saturated carbocycles. The normalized spacial score (nSPS) is 23.9. The summed E-state index contributed by atoms with van der Waals surface area (Å²) in [5, 5.41) is 0. The van der Waals surface area contributed by atoms with Crippen LogP contribution in [0.15, 0.2) is 54.6 Å². The highest BCUT2D eigenvalue weighted by molar-refractivity contribution is 5.39. The lowest BCUT2D eigenvalue weighted by atomic mass is 10.0. The molecule has 2 aromatic carbocycles. The van der Waals surface area contributed by atoms with Crippen LogP contribution < -0.4 is 10.5 Å². The van der Waals surface area contributed by atoms with E-state index in [1.54, 1.807) is 0 Å². The minimum atomic E-state index is 0.224. The maximum absolute atomic E-state index is 6.11. The van der Waals surface area contributed by atoms with Crippen LogP contribution in [0, 0.1) is 5.41 Å². The van der Waals surface area contributed by atoms with Crippen molar-refractivity contribution < 1.29 is 4.74 Å². The molecule has 0 radical (unpaired) electrons. The molecule has 19 heavy (non-hydrogen) atoms. The van der Waals surface area contributed by atoms with Crippen LogP contribution in [0.4, 0.5) is 0 Å². The van der Waals surface area contributed by atoms with Crippen LogP contribution in [-0.4, -0.2) is 6.04 Å². The summed E-state index contributed by atoms with van der Waals surface area (Å²) in [5.74, 6) is 2.19. The Balaban J connectivity index is 1.74. The molecule has 1 aliphatic carbocycles. The van der Waals surface area contributed by atoms with Crippen molar-refractivity contribution in [1.82, 2.24) is 0 Å². The summed E-state index contributed by atoms with van der Waals surface area (Å²) in [4.78, 5) is 0. The van der Waals surface area contributed by atoms with Gasteiger partial charge in [-0.1, -0.05) is 44.2 Å². The van der Waals surface area contributed by atoms with Crippen molar-refractivity contribution >= 4 is 0 Å². The molecule has 0 heterocycles. The van der Waals surface area contributed by atoms with Crippen LogP contribution in [0.5, 0.6) is 11.5 Å². The Morgan fingerprint density at radius 1 is 0.895 bits per heavy atom. The van der Waals surface area contributed by atoms with E-state index in [-0.39, 0.29) is 11.5 Å². The summed E-state index contributed by atoms with van der Waals surface area (Å²) in [5.41, 5.74) is 7.63. The van der Waals surface area contributed by atoms with E-state index in [0.29, 0.717) is 5.92 Å². The van der Waals surface area contributed by atoms with Crippen LogP contribution in [0.2, 0.25) is 0 Å². The summed E-state index contributed by atoms with van der Waals surface area (Å²) in [6.45, 7) is 4.44. The minimum Gasteiger partial charge on any atom is -0.457 e. The second-order valence-electron chi connectivity index (χ2n) is 5.81. The van der Waals surface area contributed by atoms with Crippen molar-refractivity contribution in [3.05, 3.63) is 60.2 Å². The minimum absolute atomic E-state index is 0.224. The van der Waals surface area contributed by atoms with E-state index in [1.165, 1.54) is 5.56 Å². The first kappa shape index (κ1) is 12.2. The number of nitrogens with two attached hydrogens (primary N) is 1. The number of ether oxygens (including phenoxy) is 1. The number of para-hydroxylation sites is 1. The molecule has 2 atom stereocenters. The number of rotatable bonds is 3. The molecule has 0 bridgehead atoms. The molecular formula is C17H19NO. The van der Waals surface area contributed by atoms with E-state index in [4.69, 9.17) is 10.5 Å². The fraction of sp³-hybridized carbons (Fsp3) is 0.294. The van der Waals surface area contributed by atoms with Crippen LogP contribution in [0.25, 0.3) is 0 Å². The Bertz CT molecular complexity index is 560. The van der Waals surface area contributed by atoms with Gasteiger partial charge in [0.15, 0.2) is 0 Å². The Morgan fingerprint density at radius 3 is 1.95 bits per heavy atom. The van der Waals surface area contributed by atoms with Crippen molar-refractivity contribution in [2.24, 2.45) is 11.1 Å². The molecular weight excluding hydrogens is 234 g/mol. The van der Waals surface area contributed by atoms with Gasteiger partial charge in [0, 0.05) is 12.0 Å². The maximum atomic E-state index is 6.11. The molecule has 2 heteroatoms. The first-order valence-corrected chi connectivity index (χ1v) is 6.67. The largest absolute Gasteiger partial charge is 0.457 e. The maximum Gasteiger partial charge on any atom is 0.127 e. The molecule has 0 aliphatic heterocycles. The zero-order valence-corrected chi connectivity index (χ0v) is 11.3. The first-order valence-electron chi connectivity index (χ1n) is 6.67. The lowest BCUT2D eigenvalue weighted by Crippen LogP contribution is -2.06. The summed E-state index contributed by atoms with van der Waals surface area (Å²) in [6, 6.07) is 18.4. The topological polar surface area (TPSA) is 35.2 Å². The highest BCUT2D eigenvalue weighted by Crippen LogP contribution is 2.57. The third-order valence-corrected chi connectivity index (χ3v) is 4.13. The van der Waals surface area contributed by atoms with Crippen molar-refractivity contribution in [2.45, 2.75) is 25.8 Å². The van der Waals surface area contributed by atoms with Gasteiger partial charge in [-0.3, -0.25) is 0 Å². The zero-order chi connectivity index (χ0) is 13.5. The molecule has 0 saturated heterocycles. The van der Waals surface area contributed by atoms with Crippen molar-refractivity contribution in [1.29, 1.82) is 0 Å². The van der Waals surface area contributed by atoms with E-state index in [1.807, 2.05) is 42.5 Å². The molecule has 98 valence electrons. The molecule has 0 unspecified atom stereocenters. The SMILES string of the molecule is CC1(C)[C@@H](N)[C@@H]1c1ccc(Oc2ccccc2)cc1. The Morgan fingerprint density at radius 2 is 1.42 bits per heavy atom. The third kappa shape index (κ3) is 2.24. The van der Waals surface area contributed by atoms with Gasteiger partial charge >= 0.3 is 0 Å². The molecule has 1 fully saturated rings. The van der Waals surface area contributed by atoms with Gasteiger partial charge in [0.25, 0.3) is 0 Å². The van der Waals surface area contributed by atoms with Gasteiger partial charge in [0.2, 0.25) is 0 Å². The van der Waals surface area contributed by atoms with Gasteiger partial charge in [-0.25, -0.2) is 0 Å². The fourth-order valence-corrected chi connectivity index (χ4v) is 2.68. The molecule has 0 amide bonds. The van der Waals surface area contributed by atoms with Gasteiger partial charge in [-0.2, -0.15) is 0 Å². The summed E-state index contributed by atoms with van der Waals surface area (Å²) in [7, 11) is 0. The second-order valence-corrected chi connectivity index (χ2v) is 5.81. The average molecular weight is 253 g/mol. The van der Waals surface area contributed by atoms with Crippen LogP contribution in [0.1, 0.15) is 25.3 Å². The van der Waals surface area contributed by atoms with E-state index in [9.17, 15) is 0 Å². The van der Waals surface area contributed by atoms with Crippen molar-refractivity contribution in [3.63, 3.8) is 0 Å². The lowest BCUT2D eigenvalue weighted by Gasteiger charge is -2.07.